The maximum atomic E-state index is 12.6. The second-order valence-electron chi connectivity index (χ2n) is 4.62. The van der Waals surface area contributed by atoms with Crippen LogP contribution in [0.15, 0.2) is 36.5 Å². The number of nitriles is 1. The summed E-state index contributed by atoms with van der Waals surface area (Å²) in [6, 6.07) is 11.3. The molecule has 1 aliphatic heterocycles. The fourth-order valence-electron chi connectivity index (χ4n) is 2.36. The molecule has 3 rings (SSSR count). The Labute approximate surface area is 116 Å². The summed E-state index contributed by atoms with van der Waals surface area (Å²) < 4.78 is 5.26. The number of morpholine rings is 1. The van der Waals surface area contributed by atoms with Crippen LogP contribution in [0.5, 0.6) is 0 Å². The summed E-state index contributed by atoms with van der Waals surface area (Å²) in [6.45, 7) is 1.21. The molecule has 2 heterocycles. The highest BCUT2D eigenvalue weighted by molar-refractivity contribution is 6.06. The first-order valence-corrected chi connectivity index (χ1v) is 6.44. The van der Waals surface area contributed by atoms with Gasteiger partial charge < -0.3 is 9.64 Å². The molecule has 1 fully saturated rings. The van der Waals surface area contributed by atoms with E-state index in [1.165, 1.54) is 0 Å². The lowest BCUT2D eigenvalue weighted by Crippen LogP contribution is -2.45. The maximum absolute atomic E-state index is 12.6. The molecule has 1 amide bonds. The SMILES string of the molecule is N#CC1CN(C(=O)c2ccnc3ccccc23)CCO1. The monoisotopic (exact) mass is 267 g/mol. The molecule has 100 valence electrons. The molecule has 1 saturated heterocycles. The van der Waals surface area contributed by atoms with Crippen molar-refractivity contribution in [2.24, 2.45) is 0 Å². The van der Waals surface area contributed by atoms with E-state index in [2.05, 4.69) is 4.98 Å². The first-order valence-electron chi connectivity index (χ1n) is 6.44. The van der Waals surface area contributed by atoms with Crippen LogP contribution in [0.1, 0.15) is 10.4 Å². The smallest absolute Gasteiger partial charge is 0.254 e. The molecule has 0 bridgehead atoms. The number of amides is 1. The van der Waals surface area contributed by atoms with Gasteiger partial charge in [0.15, 0.2) is 6.10 Å². The Morgan fingerprint density at radius 3 is 3.10 bits per heavy atom. The molecular weight excluding hydrogens is 254 g/mol. The Morgan fingerprint density at radius 2 is 2.25 bits per heavy atom. The van der Waals surface area contributed by atoms with Gasteiger partial charge in [-0.15, -0.1) is 0 Å². The zero-order chi connectivity index (χ0) is 13.9. The zero-order valence-corrected chi connectivity index (χ0v) is 10.8. The van der Waals surface area contributed by atoms with Crippen LogP contribution < -0.4 is 0 Å². The van der Waals surface area contributed by atoms with Crippen LogP contribution in [0.3, 0.4) is 0 Å². The number of hydrogen-bond donors (Lipinski definition) is 0. The lowest BCUT2D eigenvalue weighted by molar-refractivity contribution is 0.00355. The molecule has 2 aromatic rings. The topological polar surface area (TPSA) is 66.2 Å². The van der Waals surface area contributed by atoms with Crippen LogP contribution >= 0.6 is 0 Å². The molecule has 0 spiro atoms. The fraction of sp³-hybridized carbons (Fsp3) is 0.267. The standard InChI is InChI=1S/C15H13N3O2/c16-9-11-10-18(7-8-20-11)15(19)13-5-6-17-14-4-2-1-3-12(13)14/h1-6,11H,7-8,10H2. The van der Waals surface area contributed by atoms with Crippen molar-refractivity contribution in [2.45, 2.75) is 6.10 Å². The van der Waals surface area contributed by atoms with Crippen LogP contribution in [-0.2, 0) is 4.74 Å². The Balaban J connectivity index is 1.95. The molecule has 0 aliphatic carbocycles. The summed E-state index contributed by atoms with van der Waals surface area (Å²) in [5, 5.41) is 9.74. The Hall–Kier alpha value is -2.45. The lowest BCUT2D eigenvalue weighted by Gasteiger charge is -2.30. The predicted molar refractivity (Wildman–Crippen MR) is 73.0 cm³/mol. The van der Waals surface area contributed by atoms with E-state index in [4.69, 9.17) is 10.00 Å². The highest BCUT2D eigenvalue weighted by Crippen LogP contribution is 2.19. The highest BCUT2D eigenvalue weighted by atomic mass is 16.5. The first-order chi connectivity index (χ1) is 9.79. The number of fused-ring (bicyclic) bond motifs is 1. The summed E-state index contributed by atoms with van der Waals surface area (Å²) in [6.07, 6.45) is 1.10. The van der Waals surface area contributed by atoms with Crippen molar-refractivity contribution < 1.29 is 9.53 Å². The molecule has 1 atom stereocenters. The molecule has 1 aliphatic rings. The highest BCUT2D eigenvalue weighted by Gasteiger charge is 2.25. The van der Waals surface area contributed by atoms with Crippen molar-refractivity contribution in [1.82, 2.24) is 9.88 Å². The number of hydrogen-bond acceptors (Lipinski definition) is 4. The third kappa shape index (κ3) is 2.22. The molecule has 1 unspecified atom stereocenters. The Bertz CT molecular complexity index is 688. The Kier molecular flexibility index (Phi) is 3.32. The van der Waals surface area contributed by atoms with Crippen molar-refractivity contribution in [3.05, 3.63) is 42.1 Å². The average molecular weight is 267 g/mol. The zero-order valence-electron chi connectivity index (χ0n) is 10.8. The van der Waals surface area contributed by atoms with Crippen LogP contribution in [0.25, 0.3) is 10.9 Å². The average Bonchev–Trinajstić information content (AvgIpc) is 2.53. The second kappa shape index (κ2) is 5.27. The van der Waals surface area contributed by atoms with Crippen molar-refractivity contribution in [1.29, 1.82) is 5.26 Å². The molecule has 5 nitrogen and oxygen atoms in total. The number of carbonyl (C=O) groups excluding carboxylic acids is 1. The summed E-state index contributed by atoms with van der Waals surface area (Å²) in [7, 11) is 0. The predicted octanol–water partition coefficient (Wildman–Crippen LogP) is 1.60. The minimum Gasteiger partial charge on any atom is -0.360 e. The van der Waals surface area contributed by atoms with Crippen LogP contribution in [0.4, 0.5) is 0 Å². The van der Waals surface area contributed by atoms with E-state index in [1.54, 1.807) is 17.2 Å². The van der Waals surface area contributed by atoms with Gasteiger partial charge in [0.1, 0.15) is 0 Å². The normalized spacial score (nSPS) is 18.8. The summed E-state index contributed by atoms with van der Waals surface area (Å²) in [5.41, 5.74) is 1.41. The molecule has 0 N–H and O–H groups in total. The van der Waals surface area contributed by atoms with Gasteiger partial charge in [-0.2, -0.15) is 5.26 Å². The van der Waals surface area contributed by atoms with E-state index < -0.39 is 6.10 Å². The largest absolute Gasteiger partial charge is 0.360 e. The third-order valence-electron chi connectivity index (χ3n) is 3.38. The van der Waals surface area contributed by atoms with E-state index in [0.29, 0.717) is 25.3 Å². The van der Waals surface area contributed by atoms with Gasteiger partial charge in [-0.05, 0) is 12.1 Å². The first kappa shape index (κ1) is 12.6. The van der Waals surface area contributed by atoms with Gasteiger partial charge in [0, 0.05) is 18.1 Å². The third-order valence-corrected chi connectivity index (χ3v) is 3.38. The fourth-order valence-corrected chi connectivity index (χ4v) is 2.36. The number of nitrogens with zero attached hydrogens (tertiary/aromatic N) is 3. The summed E-state index contributed by atoms with van der Waals surface area (Å²) in [4.78, 5) is 18.5. The molecule has 1 aromatic heterocycles. The van der Waals surface area contributed by atoms with Gasteiger partial charge in [0.05, 0.1) is 30.3 Å². The number of rotatable bonds is 1. The van der Waals surface area contributed by atoms with Gasteiger partial charge in [0.2, 0.25) is 0 Å². The quantitative estimate of drug-likeness (QED) is 0.787. The molecule has 5 heteroatoms. The van der Waals surface area contributed by atoms with E-state index in [1.807, 2.05) is 30.3 Å². The minimum atomic E-state index is -0.541. The number of para-hydroxylation sites is 1. The Morgan fingerprint density at radius 1 is 1.40 bits per heavy atom. The molecule has 0 radical (unpaired) electrons. The minimum absolute atomic E-state index is 0.0767. The van der Waals surface area contributed by atoms with Crippen molar-refractivity contribution in [3.8, 4) is 6.07 Å². The van der Waals surface area contributed by atoms with E-state index in [9.17, 15) is 4.79 Å². The van der Waals surface area contributed by atoms with E-state index in [0.717, 1.165) is 10.9 Å². The van der Waals surface area contributed by atoms with Gasteiger partial charge in [-0.3, -0.25) is 9.78 Å². The number of aromatic nitrogens is 1. The van der Waals surface area contributed by atoms with Crippen molar-refractivity contribution in [3.63, 3.8) is 0 Å². The van der Waals surface area contributed by atoms with Crippen LogP contribution in [0, 0.1) is 11.3 Å². The van der Waals surface area contributed by atoms with Gasteiger partial charge in [-0.25, -0.2) is 0 Å². The maximum Gasteiger partial charge on any atom is 0.254 e. The number of benzene rings is 1. The van der Waals surface area contributed by atoms with Gasteiger partial charge in [-0.1, -0.05) is 18.2 Å². The summed E-state index contributed by atoms with van der Waals surface area (Å²) in [5.74, 6) is -0.0767. The van der Waals surface area contributed by atoms with Crippen molar-refractivity contribution >= 4 is 16.8 Å². The molecular formula is C15H13N3O2. The van der Waals surface area contributed by atoms with E-state index in [-0.39, 0.29) is 5.91 Å². The molecule has 20 heavy (non-hydrogen) atoms. The number of ether oxygens (including phenoxy) is 1. The summed E-state index contributed by atoms with van der Waals surface area (Å²) >= 11 is 0. The molecule has 1 aromatic carbocycles. The van der Waals surface area contributed by atoms with Crippen LogP contribution in [-0.4, -0.2) is 41.6 Å². The van der Waals surface area contributed by atoms with Crippen LogP contribution in [0.2, 0.25) is 0 Å². The lowest BCUT2D eigenvalue weighted by atomic mass is 10.1. The van der Waals surface area contributed by atoms with Gasteiger partial charge >= 0.3 is 0 Å². The number of carbonyl (C=O) groups is 1. The second-order valence-corrected chi connectivity index (χ2v) is 4.62. The van der Waals surface area contributed by atoms with E-state index >= 15 is 0 Å². The van der Waals surface area contributed by atoms with Crippen molar-refractivity contribution in [2.75, 3.05) is 19.7 Å². The molecule has 0 saturated carbocycles. The van der Waals surface area contributed by atoms with Gasteiger partial charge in [0.25, 0.3) is 5.91 Å². The number of pyridine rings is 1.